The second-order valence-electron chi connectivity index (χ2n) is 7.21. The van der Waals surface area contributed by atoms with Gasteiger partial charge < -0.3 is 10.6 Å². The summed E-state index contributed by atoms with van der Waals surface area (Å²) in [6.45, 7) is 10.5. The van der Waals surface area contributed by atoms with E-state index in [1.54, 1.807) is 26.0 Å². The first-order valence-corrected chi connectivity index (χ1v) is 11.4. The minimum atomic E-state index is -3.58. The number of para-hydroxylation sites is 1. The molecule has 0 aliphatic rings. The van der Waals surface area contributed by atoms with Crippen LogP contribution < -0.4 is 10.6 Å². The number of aryl methyl sites for hydroxylation is 1. The van der Waals surface area contributed by atoms with Crippen LogP contribution in [-0.2, 0) is 14.8 Å². The van der Waals surface area contributed by atoms with Crippen LogP contribution in [0.5, 0.6) is 0 Å². The summed E-state index contributed by atoms with van der Waals surface area (Å²) in [4.78, 5) is 12.7. The van der Waals surface area contributed by atoms with Crippen molar-refractivity contribution in [1.29, 1.82) is 0 Å². The monoisotopic (exact) mass is 417 g/mol. The third kappa shape index (κ3) is 5.58. The summed E-state index contributed by atoms with van der Waals surface area (Å²) >= 11 is 0. The van der Waals surface area contributed by atoms with Crippen molar-refractivity contribution in [3.05, 3.63) is 53.6 Å². The molecule has 0 bridgehead atoms. The number of nitrogens with zero attached hydrogens (tertiary/aromatic N) is 1. The zero-order valence-corrected chi connectivity index (χ0v) is 18.6. The number of nitrogens with one attached hydrogen (secondary N) is 2. The molecule has 0 aromatic heterocycles. The summed E-state index contributed by atoms with van der Waals surface area (Å²) in [6.07, 6.45) is 0. The van der Waals surface area contributed by atoms with Gasteiger partial charge in [0.1, 0.15) is 0 Å². The van der Waals surface area contributed by atoms with Gasteiger partial charge in [0.15, 0.2) is 0 Å². The van der Waals surface area contributed by atoms with Crippen molar-refractivity contribution in [3.63, 3.8) is 0 Å². The average Bonchev–Trinajstić information content (AvgIpc) is 2.68. The lowest BCUT2D eigenvalue weighted by atomic mass is 10.0. The topological polar surface area (TPSA) is 78.5 Å². The van der Waals surface area contributed by atoms with E-state index in [0.29, 0.717) is 24.7 Å². The molecule has 0 saturated carbocycles. The summed E-state index contributed by atoms with van der Waals surface area (Å²) in [7, 11) is -3.58. The highest BCUT2D eigenvalue weighted by molar-refractivity contribution is 7.89. The first-order valence-electron chi connectivity index (χ1n) is 9.94. The Hall–Kier alpha value is -2.38. The van der Waals surface area contributed by atoms with Crippen molar-refractivity contribution in [2.75, 3.05) is 30.3 Å². The zero-order chi connectivity index (χ0) is 21.6. The molecule has 6 nitrogen and oxygen atoms in total. The van der Waals surface area contributed by atoms with Crippen molar-refractivity contribution < 1.29 is 13.2 Å². The second-order valence-corrected chi connectivity index (χ2v) is 9.15. The Kier molecular flexibility index (Phi) is 7.81. The number of carbonyl (C=O) groups is 1. The molecule has 1 amide bonds. The average molecular weight is 418 g/mol. The number of carbonyl (C=O) groups excluding carboxylic acids is 1. The lowest BCUT2D eigenvalue weighted by Gasteiger charge is -2.19. The second kappa shape index (κ2) is 9.89. The molecule has 0 radical (unpaired) electrons. The largest absolute Gasteiger partial charge is 0.376 e. The molecule has 2 N–H and O–H groups in total. The molecule has 0 unspecified atom stereocenters. The van der Waals surface area contributed by atoms with E-state index < -0.39 is 10.0 Å². The Morgan fingerprint density at radius 3 is 2.31 bits per heavy atom. The van der Waals surface area contributed by atoms with Crippen molar-refractivity contribution in [2.24, 2.45) is 0 Å². The minimum absolute atomic E-state index is 0.0934. The van der Waals surface area contributed by atoms with E-state index in [1.807, 2.05) is 31.2 Å². The maximum absolute atomic E-state index is 12.8. The van der Waals surface area contributed by atoms with Gasteiger partial charge in [0.05, 0.1) is 11.4 Å². The normalized spacial score (nSPS) is 11.7. The minimum Gasteiger partial charge on any atom is -0.376 e. The van der Waals surface area contributed by atoms with Crippen molar-refractivity contribution >= 4 is 27.3 Å². The van der Waals surface area contributed by atoms with E-state index in [9.17, 15) is 13.2 Å². The molecule has 2 rings (SSSR count). The SMILES string of the molecule is CCN(CC)S(=O)(=O)c1ccc(C)c(NC(=O)CNc2ccccc2C(C)C)c1. The third-order valence-corrected chi connectivity index (χ3v) is 6.89. The predicted molar refractivity (Wildman–Crippen MR) is 119 cm³/mol. The number of hydrogen-bond donors (Lipinski definition) is 2. The van der Waals surface area contributed by atoms with Crippen molar-refractivity contribution in [1.82, 2.24) is 4.31 Å². The van der Waals surface area contributed by atoms with Gasteiger partial charge in [-0.2, -0.15) is 4.31 Å². The Balaban J connectivity index is 2.15. The number of anilines is 2. The van der Waals surface area contributed by atoms with Gasteiger partial charge in [-0.25, -0.2) is 8.42 Å². The van der Waals surface area contributed by atoms with Crippen LogP contribution >= 0.6 is 0 Å². The van der Waals surface area contributed by atoms with Crippen LogP contribution in [0.2, 0.25) is 0 Å². The molecule has 7 heteroatoms. The van der Waals surface area contributed by atoms with Gasteiger partial charge in [0.2, 0.25) is 15.9 Å². The number of amides is 1. The van der Waals surface area contributed by atoms with Crippen LogP contribution in [0, 0.1) is 6.92 Å². The Morgan fingerprint density at radius 1 is 1.03 bits per heavy atom. The van der Waals surface area contributed by atoms with E-state index in [4.69, 9.17) is 0 Å². The van der Waals surface area contributed by atoms with Gasteiger partial charge in [0, 0.05) is 24.5 Å². The number of sulfonamides is 1. The van der Waals surface area contributed by atoms with E-state index in [2.05, 4.69) is 24.5 Å². The lowest BCUT2D eigenvalue weighted by molar-refractivity contribution is -0.114. The summed E-state index contributed by atoms with van der Waals surface area (Å²) in [5.41, 5.74) is 3.37. The van der Waals surface area contributed by atoms with Crippen LogP contribution in [0.15, 0.2) is 47.4 Å². The smallest absolute Gasteiger partial charge is 0.243 e. The van der Waals surface area contributed by atoms with Crippen LogP contribution in [0.3, 0.4) is 0 Å². The number of benzene rings is 2. The van der Waals surface area contributed by atoms with Crippen molar-refractivity contribution in [3.8, 4) is 0 Å². The molecule has 0 aliphatic carbocycles. The number of hydrogen-bond acceptors (Lipinski definition) is 4. The fraction of sp³-hybridized carbons (Fsp3) is 0.409. The highest BCUT2D eigenvalue weighted by Gasteiger charge is 2.22. The van der Waals surface area contributed by atoms with Crippen LogP contribution in [0.25, 0.3) is 0 Å². The lowest BCUT2D eigenvalue weighted by Crippen LogP contribution is -2.30. The fourth-order valence-corrected chi connectivity index (χ4v) is 4.62. The maximum atomic E-state index is 12.8. The first kappa shape index (κ1) is 22.9. The molecule has 0 heterocycles. The van der Waals surface area contributed by atoms with Gasteiger partial charge >= 0.3 is 0 Å². The van der Waals surface area contributed by atoms with Gasteiger partial charge in [-0.05, 0) is 42.2 Å². The Morgan fingerprint density at radius 2 is 1.69 bits per heavy atom. The fourth-order valence-electron chi connectivity index (χ4n) is 3.14. The molecule has 0 fully saturated rings. The third-order valence-electron chi connectivity index (χ3n) is 4.85. The predicted octanol–water partition coefficient (Wildman–Crippen LogP) is 4.20. The van der Waals surface area contributed by atoms with E-state index in [1.165, 1.54) is 10.4 Å². The van der Waals surface area contributed by atoms with E-state index >= 15 is 0 Å². The molecule has 0 saturated heterocycles. The van der Waals surface area contributed by atoms with Crippen molar-refractivity contribution in [2.45, 2.75) is 45.4 Å². The molecule has 0 atom stereocenters. The maximum Gasteiger partial charge on any atom is 0.243 e. The van der Waals surface area contributed by atoms with Crippen LogP contribution in [-0.4, -0.2) is 38.3 Å². The van der Waals surface area contributed by atoms with Gasteiger partial charge in [-0.3, -0.25) is 4.79 Å². The van der Waals surface area contributed by atoms with Gasteiger partial charge in [-0.15, -0.1) is 0 Å². The highest BCUT2D eigenvalue weighted by Crippen LogP contribution is 2.24. The molecule has 2 aromatic carbocycles. The van der Waals surface area contributed by atoms with Crippen LogP contribution in [0.4, 0.5) is 11.4 Å². The zero-order valence-electron chi connectivity index (χ0n) is 17.8. The summed E-state index contributed by atoms with van der Waals surface area (Å²) in [5.74, 6) is 0.106. The Bertz CT molecular complexity index is 952. The Labute approximate surface area is 174 Å². The number of rotatable bonds is 9. The van der Waals surface area contributed by atoms with Gasteiger partial charge in [0.25, 0.3) is 0 Å². The molecule has 29 heavy (non-hydrogen) atoms. The van der Waals surface area contributed by atoms with Gasteiger partial charge in [-0.1, -0.05) is 52.0 Å². The molecular weight excluding hydrogens is 386 g/mol. The van der Waals surface area contributed by atoms with E-state index in [-0.39, 0.29) is 17.3 Å². The van der Waals surface area contributed by atoms with Crippen LogP contribution in [0.1, 0.15) is 44.7 Å². The molecule has 158 valence electrons. The summed E-state index contributed by atoms with van der Waals surface area (Å²) in [6, 6.07) is 12.7. The van der Waals surface area contributed by atoms with E-state index in [0.717, 1.165) is 16.8 Å². The standard InChI is InChI=1S/C22H31N3O3S/c1-6-25(7-2)29(27,28)18-13-12-17(5)21(14-18)24-22(26)15-23-20-11-9-8-10-19(20)16(3)4/h8-14,16,23H,6-7,15H2,1-5H3,(H,24,26). The molecule has 2 aromatic rings. The molecular formula is C22H31N3O3S. The first-order chi connectivity index (χ1) is 13.7. The molecule has 0 aliphatic heterocycles. The molecule has 0 spiro atoms. The quantitative estimate of drug-likeness (QED) is 0.641. The summed E-state index contributed by atoms with van der Waals surface area (Å²) in [5, 5.41) is 6.01. The highest BCUT2D eigenvalue weighted by atomic mass is 32.2. The summed E-state index contributed by atoms with van der Waals surface area (Å²) < 4.78 is 26.9.